The van der Waals surface area contributed by atoms with Crippen LogP contribution < -0.4 is 16.0 Å². The van der Waals surface area contributed by atoms with Gasteiger partial charge in [-0.25, -0.2) is 4.98 Å². The minimum atomic E-state index is 0.509. The molecule has 0 atom stereocenters. The van der Waals surface area contributed by atoms with Gasteiger partial charge in [-0.05, 0) is 40.7 Å². The first-order valence-electron chi connectivity index (χ1n) is 9.56. The number of hydrogen-bond donors (Lipinski definition) is 3. The number of anilines is 2. The lowest BCUT2D eigenvalue weighted by molar-refractivity contribution is -0.360. The van der Waals surface area contributed by atoms with Crippen molar-refractivity contribution >= 4 is 22.6 Å². The third-order valence-corrected chi connectivity index (χ3v) is 4.45. The van der Waals surface area contributed by atoms with Crippen LogP contribution in [0.5, 0.6) is 0 Å². The number of nitrogen functional groups attached to an aromatic ring is 1. The number of nitrogens with one attached hydrogen (secondary N) is 2. The molecule has 0 aliphatic heterocycles. The summed E-state index contributed by atoms with van der Waals surface area (Å²) in [6.07, 6.45) is 1.66. The van der Waals surface area contributed by atoms with Gasteiger partial charge in [-0.2, -0.15) is 0 Å². The highest BCUT2D eigenvalue weighted by Gasteiger charge is 2.25. The fourth-order valence-electron chi connectivity index (χ4n) is 3.13. The van der Waals surface area contributed by atoms with E-state index in [0.717, 1.165) is 53.0 Å². The number of rotatable bonds is 5. The molecule has 6 nitrogen and oxygen atoms in total. The predicted molar refractivity (Wildman–Crippen MR) is 117 cm³/mol. The van der Waals surface area contributed by atoms with Crippen LogP contribution >= 0.6 is 0 Å². The third-order valence-electron chi connectivity index (χ3n) is 4.45. The van der Waals surface area contributed by atoms with Crippen molar-refractivity contribution in [2.45, 2.75) is 13.8 Å². The molecule has 4 aromatic rings. The van der Waals surface area contributed by atoms with Crippen molar-refractivity contribution in [2.24, 2.45) is 5.92 Å². The quantitative estimate of drug-likeness (QED) is 0.442. The van der Waals surface area contributed by atoms with E-state index in [1.807, 2.05) is 42.5 Å². The van der Waals surface area contributed by atoms with Gasteiger partial charge in [0.2, 0.25) is 0 Å². The SMILES string of the molecule is CC(C)CNc1nc[nH+]c2oc(-c3ccc(N)cc3)c(-c3ccccc3)c12.CO. The molecule has 0 saturated heterocycles. The van der Waals surface area contributed by atoms with E-state index in [1.165, 1.54) is 0 Å². The van der Waals surface area contributed by atoms with Crippen LogP contribution in [0.4, 0.5) is 11.5 Å². The highest BCUT2D eigenvalue weighted by Crippen LogP contribution is 2.41. The molecule has 0 radical (unpaired) electrons. The van der Waals surface area contributed by atoms with E-state index in [4.69, 9.17) is 15.3 Å². The van der Waals surface area contributed by atoms with Crippen molar-refractivity contribution in [2.75, 3.05) is 24.7 Å². The second-order valence-corrected chi connectivity index (χ2v) is 7.02. The van der Waals surface area contributed by atoms with Crippen LogP contribution in [0, 0.1) is 5.92 Å². The van der Waals surface area contributed by atoms with Gasteiger partial charge in [0, 0.05) is 30.5 Å². The van der Waals surface area contributed by atoms with Gasteiger partial charge in [0.25, 0.3) is 12.1 Å². The molecule has 29 heavy (non-hydrogen) atoms. The van der Waals surface area contributed by atoms with Crippen molar-refractivity contribution < 1.29 is 14.5 Å². The summed E-state index contributed by atoms with van der Waals surface area (Å²) >= 11 is 0. The minimum absolute atomic E-state index is 0.509. The molecule has 0 amide bonds. The number of nitrogens with zero attached hydrogens (tertiary/aromatic N) is 1. The molecule has 6 heteroatoms. The Bertz CT molecular complexity index is 1060. The largest absolute Gasteiger partial charge is 0.421 e. The van der Waals surface area contributed by atoms with Crippen LogP contribution in [0.1, 0.15) is 13.8 Å². The summed E-state index contributed by atoms with van der Waals surface area (Å²) in [5, 5.41) is 11.4. The average Bonchev–Trinajstić information content (AvgIpc) is 3.15. The molecular formula is C23H27N4O2+. The van der Waals surface area contributed by atoms with Gasteiger partial charge in [-0.15, -0.1) is 0 Å². The summed E-state index contributed by atoms with van der Waals surface area (Å²) in [7, 11) is 1.00. The Morgan fingerprint density at radius 1 is 1.03 bits per heavy atom. The zero-order valence-electron chi connectivity index (χ0n) is 16.9. The van der Waals surface area contributed by atoms with Crippen LogP contribution in [0.2, 0.25) is 0 Å². The summed E-state index contributed by atoms with van der Waals surface area (Å²) in [4.78, 5) is 7.69. The van der Waals surface area contributed by atoms with Crippen molar-refractivity contribution in [1.29, 1.82) is 0 Å². The smallest absolute Gasteiger partial charge is 0.301 e. The van der Waals surface area contributed by atoms with Crippen LogP contribution in [0.3, 0.4) is 0 Å². The zero-order valence-corrected chi connectivity index (χ0v) is 16.9. The second-order valence-electron chi connectivity index (χ2n) is 7.02. The van der Waals surface area contributed by atoms with E-state index in [-0.39, 0.29) is 0 Å². The Morgan fingerprint density at radius 2 is 1.72 bits per heavy atom. The number of furan rings is 1. The van der Waals surface area contributed by atoms with Gasteiger partial charge < -0.3 is 20.6 Å². The molecule has 150 valence electrons. The van der Waals surface area contributed by atoms with E-state index in [9.17, 15) is 0 Å². The number of benzene rings is 2. The van der Waals surface area contributed by atoms with Crippen molar-refractivity contribution in [3.63, 3.8) is 0 Å². The molecule has 2 aromatic carbocycles. The van der Waals surface area contributed by atoms with E-state index in [1.54, 1.807) is 6.33 Å². The standard InChI is InChI=1S/C22H22N4O.CH4O/c1-14(2)12-24-21-19-18(15-6-4-3-5-7-15)20(27-22(19)26-13-25-21)16-8-10-17(23)11-9-16;1-2/h3-11,13-14H,12,23H2,1-2H3,(H,24,25,26);2H,1H3/p+1. The van der Waals surface area contributed by atoms with Crippen molar-refractivity contribution in [3.8, 4) is 22.5 Å². The van der Waals surface area contributed by atoms with E-state index in [0.29, 0.717) is 11.6 Å². The zero-order chi connectivity index (χ0) is 20.8. The van der Waals surface area contributed by atoms with Crippen LogP contribution in [-0.4, -0.2) is 23.7 Å². The van der Waals surface area contributed by atoms with Gasteiger partial charge in [-0.1, -0.05) is 44.2 Å². The fourth-order valence-corrected chi connectivity index (χ4v) is 3.13. The van der Waals surface area contributed by atoms with E-state index in [2.05, 4.69) is 41.3 Å². The number of aliphatic hydroxyl groups is 1. The van der Waals surface area contributed by atoms with Crippen molar-refractivity contribution in [1.82, 2.24) is 4.98 Å². The lowest BCUT2D eigenvalue weighted by Crippen LogP contribution is -2.12. The molecule has 0 unspecified atom stereocenters. The molecule has 5 N–H and O–H groups in total. The van der Waals surface area contributed by atoms with Crippen molar-refractivity contribution in [3.05, 3.63) is 60.9 Å². The maximum Gasteiger partial charge on any atom is 0.301 e. The second kappa shape index (κ2) is 9.21. The van der Waals surface area contributed by atoms with Gasteiger partial charge in [0.05, 0.1) is 0 Å². The molecule has 0 fully saturated rings. The summed E-state index contributed by atoms with van der Waals surface area (Å²) in [6, 6.07) is 18.0. The molecule has 4 rings (SSSR count). The Kier molecular flexibility index (Phi) is 6.46. The normalized spacial score (nSPS) is 10.7. The molecule has 0 aliphatic carbocycles. The Labute approximate surface area is 170 Å². The summed E-state index contributed by atoms with van der Waals surface area (Å²) in [5.41, 5.74) is 10.4. The number of H-pyrrole nitrogens is 1. The molecule has 0 spiro atoms. The molecular weight excluding hydrogens is 364 g/mol. The highest BCUT2D eigenvalue weighted by molar-refractivity contribution is 6.04. The van der Waals surface area contributed by atoms with E-state index >= 15 is 0 Å². The number of fused-ring (bicyclic) bond motifs is 1. The number of hydrogen-bond acceptors (Lipinski definition) is 5. The average molecular weight is 391 g/mol. The molecule has 2 aromatic heterocycles. The Morgan fingerprint density at radius 3 is 2.38 bits per heavy atom. The lowest BCUT2D eigenvalue weighted by atomic mass is 9.99. The number of aromatic nitrogens is 2. The predicted octanol–water partition coefficient (Wildman–Crippen LogP) is 4.23. The first kappa shape index (κ1) is 20.4. The van der Waals surface area contributed by atoms with Gasteiger partial charge in [0.15, 0.2) is 0 Å². The highest BCUT2D eigenvalue weighted by atomic mass is 16.3. The van der Waals surface area contributed by atoms with Crippen LogP contribution in [0.15, 0.2) is 65.3 Å². The van der Waals surface area contributed by atoms with E-state index < -0.39 is 0 Å². The summed E-state index contributed by atoms with van der Waals surface area (Å²) in [5.74, 6) is 2.13. The minimum Gasteiger partial charge on any atom is -0.421 e. The van der Waals surface area contributed by atoms with Crippen LogP contribution in [-0.2, 0) is 0 Å². The fraction of sp³-hybridized carbons (Fsp3) is 0.217. The summed E-state index contributed by atoms with van der Waals surface area (Å²) < 4.78 is 6.25. The van der Waals surface area contributed by atoms with Gasteiger partial charge >= 0.3 is 5.71 Å². The number of aliphatic hydroxyl groups excluding tert-OH is 1. The monoisotopic (exact) mass is 391 g/mol. The summed E-state index contributed by atoms with van der Waals surface area (Å²) in [6.45, 7) is 5.18. The lowest BCUT2D eigenvalue weighted by Gasteiger charge is -2.07. The maximum atomic E-state index is 7.00. The number of nitrogens with two attached hydrogens (primary N) is 1. The molecule has 2 heterocycles. The first-order chi connectivity index (χ1) is 14.1. The van der Waals surface area contributed by atoms with Gasteiger partial charge in [-0.3, -0.25) is 0 Å². The number of aromatic amines is 1. The van der Waals surface area contributed by atoms with Crippen LogP contribution in [0.25, 0.3) is 33.6 Å². The first-order valence-corrected chi connectivity index (χ1v) is 9.56. The maximum absolute atomic E-state index is 7.00. The Balaban J connectivity index is 0.00000117. The Hall–Kier alpha value is -3.38. The topological polar surface area (TPSA) is 98.5 Å². The van der Waals surface area contributed by atoms with Gasteiger partial charge in [0.1, 0.15) is 11.1 Å². The third kappa shape index (κ3) is 4.38. The molecule has 0 bridgehead atoms. The molecule has 0 aliphatic rings. The molecule has 0 saturated carbocycles.